The number of carbonyl (C=O) groups excluding carboxylic acids is 1. The molecule has 0 saturated carbocycles. The fraction of sp³-hybridized carbons (Fsp3) is 0.625. The highest BCUT2D eigenvalue weighted by Crippen LogP contribution is 2.05. The van der Waals surface area contributed by atoms with Gasteiger partial charge >= 0.3 is 0 Å². The Kier molecular flexibility index (Phi) is 4.66. The third kappa shape index (κ3) is 5.45. The van der Waals surface area contributed by atoms with Crippen LogP contribution in [0.15, 0.2) is 12.2 Å². The summed E-state index contributed by atoms with van der Waals surface area (Å²) in [5.74, 6) is 0. The van der Waals surface area contributed by atoms with Gasteiger partial charge in [0.15, 0.2) is 13.7 Å². The van der Waals surface area contributed by atoms with Gasteiger partial charge in [0.05, 0.1) is 0 Å². The molecule has 0 radical (unpaired) electrons. The molecule has 0 aliphatic heterocycles. The predicted molar refractivity (Wildman–Crippen MR) is 57.3 cm³/mol. The number of allylic oxidation sites excluding steroid dienone is 2. The zero-order chi connectivity index (χ0) is 9.78. The second-order valence-corrected chi connectivity index (χ2v) is 10.8. The molecule has 0 aromatic carbocycles. The highest BCUT2D eigenvalue weighted by atomic mass is 28.4. The summed E-state index contributed by atoms with van der Waals surface area (Å²) in [6.45, 7) is 10.1. The van der Waals surface area contributed by atoms with E-state index in [1.54, 1.807) is 12.2 Å². The maximum atomic E-state index is 11.3. The van der Waals surface area contributed by atoms with Crippen LogP contribution in [0.5, 0.6) is 0 Å². The Balaban J connectivity index is 4.04. The third-order valence-electron chi connectivity index (χ3n) is 1.26. The van der Waals surface area contributed by atoms with Gasteiger partial charge in [0, 0.05) is 0 Å². The van der Waals surface area contributed by atoms with Gasteiger partial charge in [0.25, 0.3) is 0 Å². The van der Waals surface area contributed by atoms with E-state index in [0.717, 1.165) is 0 Å². The minimum absolute atomic E-state index is 0.194. The van der Waals surface area contributed by atoms with Gasteiger partial charge in [0.2, 0.25) is 9.04 Å². The molecular formula is C8H18O2Si2. The van der Waals surface area contributed by atoms with E-state index in [-0.39, 0.29) is 5.41 Å². The van der Waals surface area contributed by atoms with Crippen LogP contribution >= 0.6 is 0 Å². The largest absolute Gasteiger partial charge is 0.453 e. The lowest BCUT2D eigenvalue weighted by atomic mass is 10.6. The fourth-order valence-electron chi connectivity index (χ4n) is 0.888. The highest BCUT2D eigenvalue weighted by molar-refractivity contribution is 6.92. The Hall–Kier alpha value is -0.196. The van der Waals surface area contributed by atoms with Crippen LogP contribution < -0.4 is 0 Å². The van der Waals surface area contributed by atoms with Crippen molar-refractivity contribution in [2.75, 3.05) is 0 Å². The van der Waals surface area contributed by atoms with Crippen molar-refractivity contribution in [1.29, 1.82) is 0 Å². The van der Waals surface area contributed by atoms with Crippen molar-refractivity contribution in [3.8, 4) is 0 Å². The van der Waals surface area contributed by atoms with E-state index in [9.17, 15) is 4.79 Å². The molecule has 0 aromatic rings. The molecule has 0 spiro atoms. The molecule has 70 valence electrons. The molecule has 1 unspecified atom stereocenters. The Morgan fingerprint density at radius 3 is 2.25 bits per heavy atom. The summed E-state index contributed by atoms with van der Waals surface area (Å²) in [6.07, 6.45) is 3.40. The summed E-state index contributed by atoms with van der Waals surface area (Å²) in [5.41, 5.74) is 0. The smallest absolute Gasteiger partial charge is 0.240 e. The first-order valence-corrected chi connectivity index (χ1v) is 9.82. The van der Waals surface area contributed by atoms with Gasteiger partial charge in [-0.1, -0.05) is 6.08 Å². The molecule has 0 fully saturated rings. The van der Waals surface area contributed by atoms with Crippen molar-refractivity contribution in [3.05, 3.63) is 12.2 Å². The van der Waals surface area contributed by atoms with E-state index < -0.39 is 17.4 Å². The summed E-state index contributed by atoms with van der Waals surface area (Å²) < 4.78 is 5.73. The lowest BCUT2D eigenvalue weighted by Crippen LogP contribution is -2.37. The summed E-state index contributed by atoms with van der Waals surface area (Å²) in [6, 6.07) is 0. The molecule has 2 nitrogen and oxygen atoms in total. The monoisotopic (exact) mass is 202 g/mol. The molecule has 0 amide bonds. The van der Waals surface area contributed by atoms with Crippen LogP contribution in [0.2, 0.25) is 26.2 Å². The van der Waals surface area contributed by atoms with Crippen molar-refractivity contribution < 1.29 is 8.91 Å². The third-order valence-corrected chi connectivity index (χ3v) is 6.50. The molecule has 0 aromatic heterocycles. The van der Waals surface area contributed by atoms with Gasteiger partial charge in [-0.25, -0.2) is 0 Å². The molecule has 0 N–H and O–H groups in total. The lowest BCUT2D eigenvalue weighted by Gasteiger charge is -2.21. The quantitative estimate of drug-likeness (QED) is 0.514. The van der Waals surface area contributed by atoms with Crippen molar-refractivity contribution in [2.45, 2.75) is 33.1 Å². The van der Waals surface area contributed by atoms with E-state index in [4.69, 9.17) is 4.12 Å². The standard InChI is InChI=1S/C8H18O2Si2/c1-6-7-8(9)11(2)10-12(3,4)5/h6-7,11H,1-5H3/b7-6+. The first kappa shape index (κ1) is 11.8. The van der Waals surface area contributed by atoms with Crippen LogP contribution in [-0.4, -0.2) is 22.8 Å². The fourth-order valence-corrected chi connectivity index (χ4v) is 6.06. The van der Waals surface area contributed by atoms with Crippen LogP contribution in [0.3, 0.4) is 0 Å². The average Bonchev–Trinajstić information content (AvgIpc) is 1.84. The molecule has 0 heterocycles. The molecule has 0 rings (SSSR count). The predicted octanol–water partition coefficient (Wildman–Crippen LogP) is 1.88. The maximum absolute atomic E-state index is 11.3. The summed E-state index contributed by atoms with van der Waals surface area (Å²) in [4.78, 5) is 11.3. The van der Waals surface area contributed by atoms with Gasteiger partial charge in [-0.3, -0.25) is 4.79 Å². The molecular weight excluding hydrogens is 184 g/mol. The normalized spacial score (nSPS) is 15.1. The molecule has 12 heavy (non-hydrogen) atoms. The molecule has 0 saturated heterocycles. The minimum atomic E-state index is -1.60. The van der Waals surface area contributed by atoms with Crippen molar-refractivity contribution in [3.63, 3.8) is 0 Å². The van der Waals surface area contributed by atoms with Crippen LogP contribution in [0.25, 0.3) is 0 Å². The zero-order valence-corrected chi connectivity index (χ0v) is 10.7. The average molecular weight is 202 g/mol. The van der Waals surface area contributed by atoms with Gasteiger partial charge in [0.1, 0.15) is 0 Å². The zero-order valence-electron chi connectivity index (χ0n) is 8.55. The maximum Gasteiger partial charge on any atom is 0.240 e. The lowest BCUT2D eigenvalue weighted by molar-refractivity contribution is -0.109. The van der Waals surface area contributed by atoms with Crippen LogP contribution in [0.1, 0.15) is 6.92 Å². The van der Waals surface area contributed by atoms with Crippen molar-refractivity contribution in [2.24, 2.45) is 0 Å². The van der Waals surface area contributed by atoms with Crippen LogP contribution in [0, 0.1) is 0 Å². The van der Waals surface area contributed by atoms with Gasteiger partial charge in [-0.05, 0) is 39.2 Å². The Morgan fingerprint density at radius 1 is 1.42 bits per heavy atom. The summed E-state index contributed by atoms with van der Waals surface area (Å²) in [7, 11) is -3.11. The first-order chi connectivity index (χ1) is 5.37. The van der Waals surface area contributed by atoms with E-state index in [2.05, 4.69) is 19.6 Å². The number of hydrogen-bond acceptors (Lipinski definition) is 2. The van der Waals surface area contributed by atoms with Gasteiger partial charge in [-0.2, -0.15) is 0 Å². The van der Waals surface area contributed by atoms with Crippen molar-refractivity contribution >= 4 is 22.8 Å². The van der Waals surface area contributed by atoms with E-state index >= 15 is 0 Å². The Bertz CT molecular complexity index is 182. The molecule has 4 heteroatoms. The topological polar surface area (TPSA) is 26.3 Å². The summed E-state index contributed by atoms with van der Waals surface area (Å²) >= 11 is 0. The van der Waals surface area contributed by atoms with Crippen LogP contribution in [0.4, 0.5) is 0 Å². The van der Waals surface area contributed by atoms with E-state index in [1.807, 2.05) is 13.5 Å². The second kappa shape index (κ2) is 4.74. The molecule has 0 aliphatic rings. The molecule has 1 atom stereocenters. The van der Waals surface area contributed by atoms with Crippen LogP contribution in [-0.2, 0) is 8.91 Å². The van der Waals surface area contributed by atoms with Gasteiger partial charge in [-0.15, -0.1) is 0 Å². The molecule has 0 bridgehead atoms. The minimum Gasteiger partial charge on any atom is -0.453 e. The number of carbonyl (C=O) groups is 1. The number of rotatable bonds is 4. The second-order valence-electron chi connectivity index (χ2n) is 3.77. The molecule has 0 aliphatic carbocycles. The highest BCUT2D eigenvalue weighted by Gasteiger charge is 2.22. The van der Waals surface area contributed by atoms with Crippen molar-refractivity contribution in [1.82, 2.24) is 0 Å². The van der Waals surface area contributed by atoms with E-state index in [1.165, 1.54) is 0 Å². The summed E-state index contributed by atoms with van der Waals surface area (Å²) in [5, 5.41) is 0.194. The number of hydrogen-bond donors (Lipinski definition) is 0. The SMILES string of the molecule is C/C=C/C(=O)[SiH](C)O[Si](C)(C)C. The Morgan fingerprint density at radius 2 is 1.92 bits per heavy atom. The first-order valence-electron chi connectivity index (χ1n) is 4.21. The van der Waals surface area contributed by atoms with Gasteiger partial charge < -0.3 is 4.12 Å². The Labute approximate surface area is 77.5 Å². The van der Waals surface area contributed by atoms with E-state index in [0.29, 0.717) is 0 Å².